The van der Waals surface area contributed by atoms with Crippen molar-refractivity contribution in [3.05, 3.63) is 23.4 Å². The van der Waals surface area contributed by atoms with Gasteiger partial charge in [0.1, 0.15) is 0 Å². The molecule has 4 nitrogen and oxygen atoms in total. The zero-order chi connectivity index (χ0) is 15.6. The molecule has 0 aromatic rings. The number of nitrogens with zero attached hydrogens (tertiary/aromatic N) is 2. The van der Waals surface area contributed by atoms with Gasteiger partial charge in [0.25, 0.3) is 0 Å². The number of ketones is 1. The summed E-state index contributed by atoms with van der Waals surface area (Å²) in [6, 6.07) is 0.824. The molecule has 126 valence electrons. The highest BCUT2D eigenvalue weighted by Crippen LogP contribution is 2.27. The fraction of sp³-hybridized carbons (Fsp3) is 0.737. The van der Waals surface area contributed by atoms with Gasteiger partial charge in [-0.15, -0.1) is 0 Å². The molecule has 23 heavy (non-hydrogen) atoms. The Balaban J connectivity index is 1.35. The van der Waals surface area contributed by atoms with Gasteiger partial charge in [0.15, 0.2) is 5.78 Å². The Hall–Kier alpha value is -1.13. The first-order chi connectivity index (χ1) is 11.3. The molecule has 4 rings (SSSR count). The van der Waals surface area contributed by atoms with Gasteiger partial charge in [-0.3, -0.25) is 14.6 Å². The summed E-state index contributed by atoms with van der Waals surface area (Å²) in [5.74, 6) is 0.328. The molecule has 1 unspecified atom stereocenters. The summed E-state index contributed by atoms with van der Waals surface area (Å²) in [5, 5.41) is 3.66. The van der Waals surface area contributed by atoms with Gasteiger partial charge in [-0.05, 0) is 25.7 Å². The topological polar surface area (TPSA) is 35.6 Å². The Morgan fingerprint density at radius 1 is 1.00 bits per heavy atom. The van der Waals surface area contributed by atoms with Crippen molar-refractivity contribution in [3.8, 4) is 0 Å². The number of Topliss-reactive ketones (excluding diaryl/α,β-unsaturated/α-hetero) is 1. The van der Waals surface area contributed by atoms with Crippen LogP contribution >= 0.6 is 0 Å². The quantitative estimate of drug-likeness (QED) is 0.849. The third kappa shape index (κ3) is 3.24. The number of hydrogen-bond acceptors (Lipinski definition) is 4. The van der Waals surface area contributed by atoms with Crippen LogP contribution in [0.5, 0.6) is 0 Å². The standard InChI is InChI=1S/C19H29N3O/c23-18-14-19(20-17-9-5-4-8-16(17)18)22-12-10-21(11-13-22)15-6-2-1-3-7-15/h4,8,15,19-20H,1-3,5-7,9-14H2. The molecule has 2 aliphatic heterocycles. The van der Waals surface area contributed by atoms with Crippen LogP contribution in [0.4, 0.5) is 0 Å². The first-order valence-electron chi connectivity index (χ1n) is 9.49. The Bertz CT molecular complexity index is 511. The summed E-state index contributed by atoms with van der Waals surface area (Å²) in [6.45, 7) is 4.53. The van der Waals surface area contributed by atoms with Crippen molar-refractivity contribution in [1.29, 1.82) is 0 Å². The van der Waals surface area contributed by atoms with Gasteiger partial charge in [-0.1, -0.05) is 31.4 Å². The van der Waals surface area contributed by atoms with Crippen LogP contribution in [-0.4, -0.2) is 54.0 Å². The fourth-order valence-electron chi connectivity index (χ4n) is 4.69. The van der Waals surface area contributed by atoms with E-state index in [0.717, 1.165) is 37.5 Å². The second-order valence-electron chi connectivity index (χ2n) is 7.48. The normalized spacial score (nSPS) is 31.1. The van der Waals surface area contributed by atoms with Crippen LogP contribution in [0.25, 0.3) is 0 Å². The van der Waals surface area contributed by atoms with E-state index in [4.69, 9.17) is 0 Å². The maximum Gasteiger partial charge on any atom is 0.168 e. The summed E-state index contributed by atoms with van der Waals surface area (Å²) in [5.41, 5.74) is 2.12. The molecule has 0 aromatic carbocycles. The third-order valence-corrected chi connectivity index (χ3v) is 6.07. The molecule has 0 spiro atoms. The maximum absolute atomic E-state index is 12.4. The van der Waals surface area contributed by atoms with Crippen molar-refractivity contribution >= 4 is 5.78 Å². The van der Waals surface area contributed by atoms with Crippen LogP contribution in [0, 0.1) is 0 Å². The van der Waals surface area contributed by atoms with Gasteiger partial charge in [0.05, 0.1) is 6.17 Å². The van der Waals surface area contributed by atoms with Gasteiger partial charge in [0.2, 0.25) is 0 Å². The van der Waals surface area contributed by atoms with Crippen LogP contribution < -0.4 is 5.32 Å². The molecule has 1 atom stereocenters. The van der Waals surface area contributed by atoms with Gasteiger partial charge < -0.3 is 5.32 Å². The van der Waals surface area contributed by atoms with Crippen molar-refractivity contribution in [2.24, 2.45) is 0 Å². The van der Waals surface area contributed by atoms with E-state index in [9.17, 15) is 4.79 Å². The fourth-order valence-corrected chi connectivity index (χ4v) is 4.69. The van der Waals surface area contributed by atoms with Gasteiger partial charge in [-0.25, -0.2) is 0 Å². The molecule has 0 bridgehead atoms. The molecule has 1 saturated heterocycles. The van der Waals surface area contributed by atoms with E-state index in [1.165, 1.54) is 50.9 Å². The zero-order valence-corrected chi connectivity index (χ0v) is 14.1. The molecule has 2 heterocycles. The Morgan fingerprint density at radius 2 is 1.74 bits per heavy atom. The Kier molecular flexibility index (Phi) is 4.54. The third-order valence-electron chi connectivity index (χ3n) is 6.07. The highest BCUT2D eigenvalue weighted by Gasteiger charge is 2.33. The van der Waals surface area contributed by atoms with E-state index in [-0.39, 0.29) is 6.17 Å². The van der Waals surface area contributed by atoms with Gasteiger partial charge in [-0.2, -0.15) is 0 Å². The lowest BCUT2D eigenvalue weighted by molar-refractivity contribution is -0.117. The SMILES string of the molecule is O=C1CC(N2CCN(C3CCCCC3)CC2)NC2=C1C=CCC2. The van der Waals surface area contributed by atoms with E-state index < -0.39 is 0 Å². The molecular formula is C19H29N3O. The van der Waals surface area contributed by atoms with Gasteiger partial charge >= 0.3 is 0 Å². The van der Waals surface area contributed by atoms with E-state index in [0.29, 0.717) is 12.2 Å². The average Bonchev–Trinajstić information content (AvgIpc) is 2.63. The number of rotatable bonds is 2. The minimum absolute atomic E-state index is 0.223. The molecule has 0 aromatic heterocycles. The molecule has 1 N–H and O–H groups in total. The van der Waals surface area contributed by atoms with Crippen molar-refractivity contribution in [3.63, 3.8) is 0 Å². The van der Waals surface area contributed by atoms with E-state index >= 15 is 0 Å². The molecule has 2 aliphatic carbocycles. The summed E-state index contributed by atoms with van der Waals surface area (Å²) >= 11 is 0. The number of piperazine rings is 1. The minimum atomic E-state index is 0.223. The number of allylic oxidation sites excluding steroid dienone is 4. The average molecular weight is 315 g/mol. The molecular weight excluding hydrogens is 286 g/mol. The van der Waals surface area contributed by atoms with Gasteiger partial charge in [0, 0.05) is 49.9 Å². The highest BCUT2D eigenvalue weighted by molar-refractivity contribution is 6.00. The van der Waals surface area contributed by atoms with E-state index in [2.05, 4.69) is 21.2 Å². The first kappa shape index (κ1) is 15.4. The van der Waals surface area contributed by atoms with Crippen molar-refractivity contribution in [2.45, 2.75) is 63.6 Å². The molecule has 4 heteroatoms. The van der Waals surface area contributed by atoms with Crippen LogP contribution in [0.3, 0.4) is 0 Å². The highest BCUT2D eigenvalue weighted by atomic mass is 16.1. The summed E-state index contributed by atoms with van der Waals surface area (Å²) in [7, 11) is 0. The van der Waals surface area contributed by atoms with E-state index in [1.807, 2.05) is 6.08 Å². The predicted octanol–water partition coefficient (Wildman–Crippen LogP) is 2.43. The van der Waals surface area contributed by atoms with Crippen LogP contribution in [0.15, 0.2) is 23.4 Å². The summed E-state index contributed by atoms with van der Waals surface area (Å²) < 4.78 is 0. The van der Waals surface area contributed by atoms with Crippen LogP contribution in [0.1, 0.15) is 51.4 Å². The number of carbonyl (C=O) groups is 1. The number of carbonyl (C=O) groups excluding carboxylic acids is 1. The Morgan fingerprint density at radius 3 is 2.52 bits per heavy atom. The maximum atomic E-state index is 12.4. The lowest BCUT2D eigenvalue weighted by Gasteiger charge is -2.44. The van der Waals surface area contributed by atoms with E-state index in [1.54, 1.807) is 0 Å². The number of hydrogen-bond donors (Lipinski definition) is 1. The molecule has 2 fully saturated rings. The molecule has 1 saturated carbocycles. The second-order valence-corrected chi connectivity index (χ2v) is 7.48. The molecule has 4 aliphatic rings. The number of nitrogens with one attached hydrogen (secondary N) is 1. The monoisotopic (exact) mass is 315 g/mol. The van der Waals surface area contributed by atoms with Crippen LogP contribution in [0.2, 0.25) is 0 Å². The second kappa shape index (κ2) is 6.78. The summed E-state index contributed by atoms with van der Waals surface area (Å²) in [4.78, 5) is 17.6. The lowest BCUT2D eigenvalue weighted by atomic mass is 9.92. The summed E-state index contributed by atoms with van der Waals surface area (Å²) in [6.07, 6.45) is 14.1. The molecule has 0 amide bonds. The first-order valence-corrected chi connectivity index (χ1v) is 9.49. The largest absolute Gasteiger partial charge is 0.372 e. The van der Waals surface area contributed by atoms with Crippen LogP contribution in [-0.2, 0) is 4.79 Å². The zero-order valence-electron chi connectivity index (χ0n) is 14.1. The van der Waals surface area contributed by atoms with Crippen molar-refractivity contribution in [1.82, 2.24) is 15.1 Å². The molecule has 0 radical (unpaired) electrons. The minimum Gasteiger partial charge on any atom is -0.372 e. The Labute approximate surface area is 139 Å². The smallest absolute Gasteiger partial charge is 0.168 e. The van der Waals surface area contributed by atoms with Crippen molar-refractivity contribution < 1.29 is 4.79 Å². The lowest BCUT2D eigenvalue weighted by Crippen LogP contribution is -2.58. The van der Waals surface area contributed by atoms with Crippen molar-refractivity contribution in [2.75, 3.05) is 26.2 Å². The predicted molar refractivity (Wildman–Crippen MR) is 92.0 cm³/mol.